The van der Waals surface area contributed by atoms with Crippen molar-refractivity contribution in [2.45, 2.75) is 296 Å². The lowest BCUT2D eigenvalue weighted by molar-refractivity contribution is -0.174. The molecule has 6 aromatic carbocycles. The van der Waals surface area contributed by atoms with Gasteiger partial charge in [-0.1, -0.05) is 192 Å². The van der Waals surface area contributed by atoms with Crippen molar-refractivity contribution >= 4 is 80.6 Å². The van der Waals surface area contributed by atoms with E-state index in [0.29, 0.717) is 0 Å². The number of ether oxygens (including phenoxy) is 3. The smallest absolute Gasteiger partial charge is 0.396 e. The molecule has 0 aliphatic heterocycles. The SMILES string of the molecule is CC(=O)OCCC(F)(F)C(F)(F)S(=O)(=O)[O-].CC(=O)OCCC(F)(F)C(F)(F)S(=O)(=O)[O-].CC1(O)CCCC1.CC1(O)CCCC1.CC1(O)CCCC1.CC1(O)CCCC1.CC1(O)CCCC1.CC1(O)CCCC1.O=C(OCCC(F)(F)C(F)(F)S(=O)(=O)[O-])c1ccccc1.c1ccc2cc3ccccc3cc2c1.c1ccc2ccccc2c1. The number of carbonyl (C=O) groups is 3. The molecule has 0 radical (unpaired) electrons. The van der Waals surface area contributed by atoms with E-state index in [-0.39, 0.29) is 39.2 Å². The van der Waals surface area contributed by atoms with Crippen LogP contribution in [0.3, 0.4) is 0 Å². The summed E-state index contributed by atoms with van der Waals surface area (Å²) in [5, 5.41) is 45.8. The van der Waals surface area contributed by atoms with Gasteiger partial charge in [-0.2, -0.15) is 52.7 Å². The van der Waals surface area contributed by atoms with Crippen LogP contribution in [-0.4, -0.2) is 174 Å². The predicted molar refractivity (Wildman–Crippen MR) is 423 cm³/mol. The fourth-order valence-electron chi connectivity index (χ4n) is 12.4. The van der Waals surface area contributed by atoms with Crippen molar-refractivity contribution in [2.75, 3.05) is 19.8 Å². The summed E-state index contributed by atoms with van der Waals surface area (Å²) in [6, 6.07) is 45.2. The average Bonchev–Trinajstić information content (AvgIpc) is 1.34. The monoisotopic (exact) mass is 1770 g/mol. The maximum atomic E-state index is 13.0. The summed E-state index contributed by atoms with van der Waals surface area (Å²) in [6.45, 7) is 9.79. The Morgan fingerprint density at radius 3 is 0.639 bits per heavy atom. The van der Waals surface area contributed by atoms with Crippen molar-refractivity contribution in [1.82, 2.24) is 0 Å². The number of hydrogen-bond donors (Lipinski definition) is 6. The van der Waals surface area contributed by atoms with Gasteiger partial charge in [0.05, 0.1) is 78.3 Å². The van der Waals surface area contributed by atoms with Crippen molar-refractivity contribution in [3.05, 3.63) is 145 Å². The highest BCUT2D eigenvalue weighted by Gasteiger charge is 2.63. The first kappa shape index (κ1) is 108. The van der Waals surface area contributed by atoms with Crippen molar-refractivity contribution in [1.29, 1.82) is 0 Å². The molecule has 0 saturated heterocycles. The maximum absolute atomic E-state index is 13.0. The molecule has 6 aliphatic rings. The quantitative estimate of drug-likeness (QED) is 0.0172. The molecule has 6 aromatic rings. The second-order valence-corrected chi connectivity index (χ2v) is 35.8. The summed E-state index contributed by atoms with van der Waals surface area (Å²) in [4.78, 5) is 31.6. The van der Waals surface area contributed by atoms with E-state index < -0.39 is 121 Å². The lowest BCUT2D eigenvalue weighted by Crippen LogP contribution is -2.47. The minimum absolute atomic E-state index is 0.00372. The minimum Gasteiger partial charge on any atom is -0.743 e. The number of hydrogen-bond acceptors (Lipinski definition) is 21. The van der Waals surface area contributed by atoms with Crippen LogP contribution >= 0.6 is 0 Å². The molecule has 0 amide bonds. The third kappa shape index (κ3) is 39.9. The molecule has 0 spiro atoms. The van der Waals surface area contributed by atoms with Gasteiger partial charge in [0.2, 0.25) is 0 Å². The van der Waals surface area contributed by atoms with Gasteiger partial charge >= 0.3 is 51.4 Å². The Hall–Kier alpha value is -6.84. The summed E-state index contributed by atoms with van der Waals surface area (Å²) >= 11 is 0. The van der Waals surface area contributed by atoms with E-state index >= 15 is 0 Å². The van der Waals surface area contributed by atoms with E-state index in [1.165, 1.54) is 134 Å². The minimum atomic E-state index is -6.54. The molecule has 12 rings (SSSR count). The van der Waals surface area contributed by atoms with E-state index in [9.17, 15) is 137 Å². The maximum Gasteiger partial charge on any atom is 0.396 e. The van der Waals surface area contributed by atoms with Crippen molar-refractivity contribution < 1.29 is 151 Å². The second kappa shape index (κ2) is 47.1. The molecular weight excluding hydrogens is 1660 g/mol. The number of fused-ring (bicyclic) bond motifs is 3. The van der Waals surface area contributed by atoms with Gasteiger partial charge in [0.15, 0.2) is 30.4 Å². The molecular formula is C83H113F12O21S3-3. The topological polar surface area (TPSA) is 372 Å². The van der Waals surface area contributed by atoms with Crippen LogP contribution in [0, 0.1) is 0 Å². The van der Waals surface area contributed by atoms with Gasteiger partial charge in [0.1, 0.15) is 0 Å². The Balaban J connectivity index is 0.000000454. The van der Waals surface area contributed by atoms with Crippen LogP contribution in [0.15, 0.2) is 140 Å². The molecule has 6 N–H and O–H groups in total. The number of rotatable bonds is 16. The number of esters is 3. The van der Waals surface area contributed by atoms with E-state index in [4.69, 9.17) is 0 Å². The van der Waals surface area contributed by atoms with Gasteiger partial charge in [-0.15, -0.1) is 0 Å². The summed E-state index contributed by atoms with van der Waals surface area (Å²) in [5.41, 5.74) is -1.83. The van der Waals surface area contributed by atoms with Crippen LogP contribution in [-0.2, 0) is 54.2 Å². The van der Waals surface area contributed by atoms with Gasteiger partial charge in [-0.3, -0.25) is 9.59 Å². The molecule has 119 heavy (non-hydrogen) atoms. The molecule has 21 nitrogen and oxygen atoms in total. The van der Waals surface area contributed by atoms with Crippen LogP contribution in [0.1, 0.15) is 239 Å². The fourth-order valence-corrected chi connectivity index (χ4v) is 13.8. The molecule has 6 saturated carbocycles. The van der Waals surface area contributed by atoms with Gasteiger partial charge < -0.3 is 58.5 Å². The fraction of sp³-hybridized carbons (Fsp3) is 0.602. The first-order valence-electron chi connectivity index (χ1n) is 38.7. The van der Waals surface area contributed by atoms with Crippen LogP contribution in [0.2, 0.25) is 0 Å². The zero-order chi connectivity index (χ0) is 90.9. The van der Waals surface area contributed by atoms with E-state index in [1.54, 1.807) is 6.07 Å². The zero-order valence-electron chi connectivity index (χ0n) is 68.1. The summed E-state index contributed by atoms with van der Waals surface area (Å²) in [7, 11) is -19.5. The first-order chi connectivity index (χ1) is 54.5. The predicted octanol–water partition coefficient (Wildman–Crippen LogP) is 18.1. The van der Waals surface area contributed by atoms with Gasteiger partial charge in [0.25, 0.3) is 0 Å². The Morgan fingerprint density at radius 1 is 0.311 bits per heavy atom. The Kier molecular flexibility index (Phi) is 42.9. The van der Waals surface area contributed by atoms with E-state index in [1.807, 2.05) is 41.5 Å². The van der Waals surface area contributed by atoms with Crippen LogP contribution in [0.25, 0.3) is 32.3 Å². The molecule has 0 aromatic heterocycles. The average molecular weight is 1770 g/mol. The third-order valence-electron chi connectivity index (χ3n) is 19.7. The molecule has 0 unspecified atom stereocenters. The van der Waals surface area contributed by atoms with Crippen LogP contribution < -0.4 is 0 Å². The first-order valence-corrected chi connectivity index (χ1v) is 43.0. The third-order valence-corrected chi connectivity index (χ3v) is 22.5. The zero-order valence-corrected chi connectivity index (χ0v) is 70.5. The number of aliphatic hydroxyl groups is 6. The van der Waals surface area contributed by atoms with Crippen LogP contribution in [0.5, 0.6) is 0 Å². The molecule has 6 aliphatic carbocycles. The summed E-state index contributed by atoms with van der Waals surface area (Å²) in [6.07, 6.45) is 21.3. The normalized spacial score (nSPS) is 18.1. The highest BCUT2D eigenvalue weighted by atomic mass is 32.2. The number of halogens is 12. The van der Waals surface area contributed by atoms with Crippen molar-refractivity contribution in [2.24, 2.45) is 0 Å². The lowest BCUT2D eigenvalue weighted by atomic mass is 10.0. The standard InChI is InChI=1S/C14H10.C11H10F4O5S.C10H8.2C6H8F4O5S.6C6H12O/c1-2-6-12-10-14-8-4-3-7-13(14)9-11(12)5-1;12-10(13,11(14,15)21(17,18)19)6-7-20-9(16)8-4-2-1-3-5-8;1-2-6-10-8-4-3-7-9(10)5-1;2*1-4(11)15-3-2-5(7,8)6(9,10)16(12,13)14;6*1-6(7)4-2-3-5-6/h1-10H;1-5H,6-7H2,(H,17,18,19);1-8H;2*2-3H2,1H3,(H,12,13,14);6*7H,2-5H2,1H3/p-3. The molecule has 0 atom stereocenters. The van der Waals surface area contributed by atoms with Gasteiger partial charge in [-0.05, 0) is 175 Å². The number of benzene rings is 6. The number of alkyl halides is 12. The van der Waals surface area contributed by atoms with E-state index in [2.05, 4.69) is 123 Å². The summed E-state index contributed by atoms with van der Waals surface area (Å²) < 4.78 is 254. The second-order valence-electron chi connectivity index (χ2n) is 31.6. The largest absolute Gasteiger partial charge is 0.743 e. The van der Waals surface area contributed by atoms with Crippen molar-refractivity contribution in [3.63, 3.8) is 0 Å². The Bertz CT molecular complexity index is 3970. The van der Waals surface area contributed by atoms with Crippen LogP contribution in [0.4, 0.5) is 52.7 Å². The summed E-state index contributed by atoms with van der Waals surface area (Å²) in [5.74, 6) is -18.4. The highest BCUT2D eigenvalue weighted by molar-refractivity contribution is 7.87. The molecule has 0 bridgehead atoms. The lowest BCUT2D eigenvalue weighted by Gasteiger charge is -2.28. The highest BCUT2D eigenvalue weighted by Crippen LogP contribution is 2.44. The van der Waals surface area contributed by atoms with E-state index in [0.717, 1.165) is 90.9 Å². The number of carbonyl (C=O) groups excluding carboxylic acids is 3. The Morgan fingerprint density at radius 2 is 0.479 bits per heavy atom. The van der Waals surface area contributed by atoms with Gasteiger partial charge in [0, 0.05) is 13.8 Å². The van der Waals surface area contributed by atoms with Crippen molar-refractivity contribution in [3.8, 4) is 0 Å². The molecule has 6 fully saturated rings. The molecule has 676 valence electrons. The van der Waals surface area contributed by atoms with Gasteiger partial charge in [-0.25, -0.2) is 30.0 Å². The molecule has 0 heterocycles. The Labute approximate surface area is 688 Å². The molecule has 36 heteroatoms.